The third kappa shape index (κ3) is 4.22. The SMILES string of the molecule is CO[SiH](OC)OCC1CCCCC1. The molecule has 0 aromatic carbocycles. The summed E-state index contributed by atoms with van der Waals surface area (Å²) in [5.41, 5.74) is 0. The maximum atomic E-state index is 5.57. The van der Waals surface area contributed by atoms with Crippen molar-refractivity contribution in [3.8, 4) is 0 Å². The fourth-order valence-electron chi connectivity index (χ4n) is 1.80. The van der Waals surface area contributed by atoms with Gasteiger partial charge in [0.2, 0.25) is 0 Å². The van der Waals surface area contributed by atoms with Crippen molar-refractivity contribution in [3.63, 3.8) is 0 Å². The molecule has 0 N–H and O–H groups in total. The lowest BCUT2D eigenvalue weighted by atomic mass is 9.90. The topological polar surface area (TPSA) is 27.7 Å². The molecule has 3 nitrogen and oxygen atoms in total. The summed E-state index contributed by atoms with van der Waals surface area (Å²) in [6.45, 7) is 0.832. The van der Waals surface area contributed by atoms with Crippen LogP contribution in [0, 0.1) is 5.92 Å². The van der Waals surface area contributed by atoms with Crippen LogP contribution in [-0.4, -0.2) is 30.4 Å². The van der Waals surface area contributed by atoms with E-state index in [1.165, 1.54) is 32.1 Å². The average molecular weight is 204 g/mol. The lowest BCUT2D eigenvalue weighted by Crippen LogP contribution is -2.27. The largest absolute Gasteiger partial charge is 0.483 e. The number of hydrogen-bond donors (Lipinski definition) is 0. The Morgan fingerprint density at radius 2 is 1.69 bits per heavy atom. The molecule has 78 valence electrons. The van der Waals surface area contributed by atoms with Crippen molar-refractivity contribution in [2.75, 3.05) is 20.8 Å². The quantitative estimate of drug-likeness (QED) is 0.637. The molecule has 1 aliphatic carbocycles. The Morgan fingerprint density at radius 1 is 1.08 bits per heavy atom. The number of hydrogen-bond acceptors (Lipinski definition) is 3. The fraction of sp³-hybridized carbons (Fsp3) is 1.00. The lowest BCUT2D eigenvalue weighted by molar-refractivity contribution is 0.105. The van der Waals surface area contributed by atoms with Gasteiger partial charge in [-0.25, -0.2) is 0 Å². The summed E-state index contributed by atoms with van der Waals surface area (Å²) in [6, 6.07) is 0. The van der Waals surface area contributed by atoms with Crippen molar-refractivity contribution >= 4 is 9.53 Å². The average Bonchev–Trinajstić information content (AvgIpc) is 2.21. The summed E-state index contributed by atoms with van der Waals surface area (Å²) < 4.78 is 15.7. The summed E-state index contributed by atoms with van der Waals surface area (Å²) in [5.74, 6) is 0.744. The minimum atomic E-state index is -1.76. The molecule has 0 bridgehead atoms. The summed E-state index contributed by atoms with van der Waals surface area (Å²) in [4.78, 5) is 0. The Balaban J connectivity index is 2.09. The predicted octanol–water partition coefficient (Wildman–Crippen LogP) is 1.59. The summed E-state index contributed by atoms with van der Waals surface area (Å²) in [7, 11) is 1.54. The van der Waals surface area contributed by atoms with Crippen LogP contribution in [-0.2, 0) is 13.3 Å². The fourth-order valence-corrected chi connectivity index (χ4v) is 2.69. The van der Waals surface area contributed by atoms with Gasteiger partial charge in [-0.2, -0.15) is 0 Å². The van der Waals surface area contributed by atoms with Crippen LogP contribution in [0.5, 0.6) is 0 Å². The van der Waals surface area contributed by atoms with Gasteiger partial charge in [-0.3, -0.25) is 0 Å². The van der Waals surface area contributed by atoms with Crippen molar-refractivity contribution in [1.82, 2.24) is 0 Å². The van der Waals surface area contributed by atoms with E-state index < -0.39 is 9.53 Å². The van der Waals surface area contributed by atoms with Gasteiger partial charge in [-0.05, 0) is 18.8 Å². The van der Waals surface area contributed by atoms with Gasteiger partial charge in [0.05, 0.1) is 0 Å². The van der Waals surface area contributed by atoms with Gasteiger partial charge in [0.15, 0.2) is 0 Å². The van der Waals surface area contributed by atoms with Gasteiger partial charge in [-0.15, -0.1) is 0 Å². The summed E-state index contributed by atoms with van der Waals surface area (Å²) in [5, 5.41) is 0. The Hall–Kier alpha value is 0.0969. The molecule has 0 aromatic rings. The Morgan fingerprint density at radius 3 is 2.23 bits per heavy atom. The summed E-state index contributed by atoms with van der Waals surface area (Å²) >= 11 is 0. The van der Waals surface area contributed by atoms with E-state index in [9.17, 15) is 0 Å². The molecule has 0 heterocycles. The van der Waals surface area contributed by atoms with E-state index in [1.54, 1.807) is 14.2 Å². The zero-order chi connectivity index (χ0) is 9.52. The highest BCUT2D eigenvalue weighted by Gasteiger charge is 2.17. The first-order chi connectivity index (χ1) is 6.36. The highest BCUT2D eigenvalue weighted by atomic mass is 28.3. The van der Waals surface area contributed by atoms with Gasteiger partial charge >= 0.3 is 9.53 Å². The molecule has 0 aromatic heterocycles. The van der Waals surface area contributed by atoms with E-state index in [-0.39, 0.29) is 0 Å². The van der Waals surface area contributed by atoms with E-state index in [0.717, 1.165) is 12.5 Å². The van der Waals surface area contributed by atoms with Crippen molar-refractivity contribution in [2.45, 2.75) is 32.1 Å². The van der Waals surface area contributed by atoms with E-state index in [1.807, 2.05) is 0 Å². The maximum absolute atomic E-state index is 5.57. The maximum Gasteiger partial charge on any atom is 0.483 e. The van der Waals surface area contributed by atoms with Gasteiger partial charge in [-0.1, -0.05) is 19.3 Å². The molecule has 0 radical (unpaired) electrons. The molecule has 0 unspecified atom stereocenters. The highest BCUT2D eigenvalue weighted by molar-refractivity contribution is 6.36. The molecule has 0 aliphatic heterocycles. The van der Waals surface area contributed by atoms with E-state index in [4.69, 9.17) is 13.3 Å². The minimum absolute atomic E-state index is 0.744. The van der Waals surface area contributed by atoms with Gasteiger partial charge in [0.1, 0.15) is 0 Å². The van der Waals surface area contributed by atoms with Gasteiger partial charge in [0.25, 0.3) is 0 Å². The standard InChI is InChI=1S/C9H20O3Si/c1-10-13(11-2)12-8-9-6-4-3-5-7-9/h9,13H,3-8H2,1-2H3. The second-order valence-electron chi connectivity index (χ2n) is 3.60. The monoisotopic (exact) mass is 204 g/mol. The van der Waals surface area contributed by atoms with E-state index >= 15 is 0 Å². The van der Waals surface area contributed by atoms with Crippen LogP contribution in [0.2, 0.25) is 0 Å². The smallest absolute Gasteiger partial charge is 0.379 e. The molecule has 0 saturated heterocycles. The molecule has 1 saturated carbocycles. The highest BCUT2D eigenvalue weighted by Crippen LogP contribution is 2.23. The van der Waals surface area contributed by atoms with Crippen LogP contribution in [0.3, 0.4) is 0 Å². The molecule has 0 spiro atoms. The van der Waals surface area contributed by atoms with Crippen molar-refractivity contribution in [3.05, 3.63) is 0 Å². The van der Waals surface area contributed by atoms with Crippen LogP contribution in [0.25, 0.3) is 0 Å². The molecular weight excluding hydrogens is 184 g/mol. The van der Waals surface area contributed by atoms with E-state index in [2.05, 4.69) is 0 Å². The van der Waals surface area contributed by atoms with Crippen LogP contribution < -0.4 is 0 Å². The first-order valence-corrected chi connectivity index (χ1v) is 6.45. The predicted molar refractivity (Wildman–Crippen MR) is 53.7 cm³/mol. The number of rotatable bonds is 5. The Labute approximate surface area is 82.3 Å². The molecule has 1 aliphatic rings. The zero-order valence-electron chi connectivity index (χ0n) is 8.62. The van der Waals surface area contributed by atoms with Crippen molar-refractivity contribution < 1.29 is 13.3 Å². The molecule has 1 rings (SSSR count). The molecular formula is C9H20O3Si. The Bertz CT molecular complexity index is 122. The van der Waals surface area contributed by atoms with Crippen molar-refractivity contribution in [2.24, 2.45) is 5.92 Å². The second kappa shape index (κ2) is 6.54. The van der Waals surface area contributed by atoms with Crippen LogP contribution in [0.15, 0.2) is 0 Å². The van der Waals surface area contributed by atoms with E-state index in [0.29, 0.717) is 0 Å². The van der Waals surface area contributed by atoms with Crippen molar-refractivity contribution in [1.29, 1.82) is 0 Å². The third-order valence-corrected chi connectivity index (χ3v) is 3.81. The van der Waals surface area contributed by atoms with Gasteiger partial charge < -0.3 is 13.3 Å². The van der Waals surface area contributed by atoms with Crippen LogP contribution in [0.4, 0.5) is 0 Å². The molecule has 1 fully saturated rings. The first kappa shape index (κ1) is 11.2. The minimum Gasteiger partial charge on any atom is -0.379 e. The van der Waals surface area contributed by atoms with Crippen LogP contribution >= 0.6 is 0 Å². The lowest BCUT2D eigenvalue weighted by Gasteiger charge is -2.22. The third-order valence-electron chi connectivity index (χ3n) is 2.58. The molecule has 4 heteroatoms. The van der Waals surface area contributed by atoms with Gasteiger partial charge in [0, 0.05) is 20.8 Å². The summed E-state index contributed by atoms with van der Waals surface area (Å²) in [6.07, 6.45) is 6.75. The molecule has 0 amide bonds. The Kier molecular flexibility index (Phi) is 5.62. The zero-order valence-corrected chi connectivity index (χ0v) is 9.78. The van der Waals surface area contributed by atoms with Crippen LogP contribution in [0.1, 0.15) is 32.1 Å². The molecule has 13 heavy (non-hydrogen) atoms. The molecule has 0 atom stereocenters. The second-order valence-corrected chi connectivity index (χ2v) is 5.45. The first-order valence-electron chi connectivity index (χ1n) is 5.04. The normalized spacial score (nSPS) is 19.6.